The van der Waals surface area contributed by atoms with Gasteiger partial charge in [0.2, 0.25) is 5.88 Å². The van der Waals surface area contributed by atoms with Crippen LogP contribution in [0.4, 0.5) is 0 Å². The van der Waals surface area contributed by atoms with Crippen molar-refractivity contribution in [2.24, 2.45) is 0 Å². The van der Waals surface area contributed by atoms with Gasteiger partial charge in [0, 0.05) is 18.9 Å². The SMILES string of the molecule is CCOP(CCNCCc1c[nH]c2c(OCc3ccccc3)ncnc12)OCC. The molecule has 0 bridgehead atoms. The molecule has 2 heterocycles. The summed E-state index contributed by atoms with van der Waals surface area (Å²) in [5, 5.41) is 3.46. The van der Waals surface area contributed by atoms with Gasteiger partial charge >= 0.3 is 0 Å². The summed E-state index contributed by atoms with van der Waals surface area (Å²) in [6, 6.07) is 10.1. The highest BCUT2D eigenvalue weighted by Gasteiger charge is 2.12. The molecule has 29 heavy (non-hydrogen) atoms. The van der Waals surface area contributed by atoms with E-state index in [-0.39, 0.29) is 0 Å². The average molecular weight is 416 g/mol. The lowest BCUT2D eigenvalue weighted by molar-refractivity contribution is 0.269. The van der Waals surface area contributed by atoms with Crippen LogP contribution >= 0.6 is 8.38 Å². The molecule has 0 saturated heterocycles. The van der Waals surface area contributed by atoms with Gasteiger partial charge in [-0.05, 0) is 37.9 Å². The van der Waals surface area contributed by atoms with E-state index in [2.05, 4.69) is 20.3 Å². The lowest BCUT2D eigenvalue weighted by Gasteiger charge is -2.15. The fraction of sp³-hybridized carbons (Fsp3) is 0.429. The van der Waals surface area contributed by atoms with Gasteiger partial charge in [-0.25, -0.2) is 4.98 Å². The summed E-state index contributed by atoms with van der Waals surface area (Å²) in [5.41, 5.74) is 4.01. The van der Waals surface area contributed by atoms with Crippen molar-refractivity contribution in [1.82, 2.24) is 20.3 Å². The molecule has 0 unspecified atom stereocenters. The first-order valence-electron chi connectivity index (χ1n) is 10.0. The molecule has 0 saturated carbocycles. The van der Waals surface area contributed by atoms with Crippen molar-refractivity contribution in [3.8, 4) is 5.88 Å². The summed E-state index contributed by atoms with van der Waals surface area (Å²) in [6.45, 7) is 7.58. The molecule has 0 aliphatic rings. The molecule has 1 aromatic carbocycles. The van der Waals surface area contributed by atoms with Crippen molar-refractivity contribution in [1.29, 1.82) is 0 Å². The largest absolute Gasteiger partial charge is 0.471 e. The van der Waals surface area contributed by atoms with Crippen LogP contribution in [0, 0.1) is 0 Å². The number of nitrogens with zero attached hydrogens (tertiary/aromatic N) is 2. The number of ether oxygens (including phenoxy) is 1. The van der Waals surface area contributed by atoms with Gasteiger partial charge in [-0.3, -0.25) is 0 Å². The maximum absolute atomic E-state index is 5.91. The highest BCUT2D eigenvalue weighted by atomic mass is 31.2. The number of hydrogen-bond donors (Lipinski definition) is 2. The third-order valence-electron chi connectivity index (χ3n) is 4.31. The van der Waals surface area contributed by atoms with Crippen LogP contribution in [0.5, 0.6) is 5.88 Å². The Morgan fingerprint density at radius 1 is 1.03 bits per heavy atom. The van der Waals surface area contributed by atoms with E-state index in [1.807, 2.05) is 50.4 Å². The van der Waals surface area contributed by atoms with E-state index in [4.69, 9.17) is 13.8 Å². The smallest absolute Gasteiger partial charge is 0.241 e. The van der Waals surface area contributed by atoms with E-state index < -0.39 is 8.38 Å². The fourth-order valence-electron chi connectivity index (χ4n) is 2.97. The normalized spacial score (nSPS) is 11.4. The van der Waals surface area contributed by atoms with Gasteiger partial charge in [0.05, 0.1) is 18.7 Å². The maximum Gasteiger partial charge on any atom is 0.241 e. The second-order valence-electron chi connectivity index (χ2n) is 6.38. The Morgan fingerprint density at radius 3 is 2.59 bits per heavy atom. The van der Waals surface area contributed by atoms with Gasteiger partial charge in [0.15, 0.2) is 8.38 Å². The number of nitrogens with one attached hydrogen (secondary N) is 2. The number of fused-ring (bicyclic) bond motifs is 1. The minimum Gasteiger partial charge on any atom is -0.471 e. The molecular weight excluding hydrogens is 387 g/mol. The lowest BCUT2D eigenvalue weighted by atomic mass is 10.2. The summed E-state index contributed by atoms with van der Waals surface area (Å²) < 4.78 is 17.2. The Labute approximate surface area is 173 Å². The number of hydrogen-bond acceptors (Lipinski definition) is 6. The monoisotopic (exact) mass is 416 g/mol. The number of aromatic amines is 1. The fourth-order valence-corrected chi connectivity index (χ4v) is 4.22. The highest BCUT2D eigenvalue weighted by molar-refractivity contribution is 7.47. The first-order valence-corrected chi connectivity index (χ1v) is 11.4. The van der Waals surface area contributed by atoms with E-state index in [9.17, 15) is 0 Å². The van der Waals surface area contributed by atoms with Crippen molar-refractivity contribution in [3.63, 3.8) is 0 Å². The second-order valence-corrected chi connectivity index (χ2v) is 8.01. The molecule has 0 atom stereocenters. The molecule has 0 radical (unpaired) electrons. The van der Waals surface area contributed by atoms with Gasteiger partial charge < -0.3 is 24.1 Å². The third kappa shape index (κ3) is 6.47. The zero-order valence-electron chi connectivity index (χ0n) is 17.1. The van der Waals surface area contributed by atoms with Gasteiger partial charge in [0.25, 0.3) is 0 Å². The van der Waals surface area contributed by atoms with Gasteiger partial charge in [0.1, 0.15) is 18.5 Å². The van der Waals surface area contributed by atoms with E-state index >= 15 is 0 Å². The Bertz CT molecular complexity index is 854. The van der Waals surface area contributed by atoms with Crippen LogP contribution in [-0.2, 0) is 22.1 Å². The molecule has 7 nitrogen and oxygen atoms in total. The Hall–Kier alpha value is -2.05. The van der Waals surface area contributed by atoms with Crippen molar-refractivity contribution >= 4 is 19.4 Å². The number of H-pyrrole nitrogens is 1. The molecule has 2 N–H and O–H groups in total. The zero-order chi connectivity index (χ0) is 20.3. The van der Waals surface area contributed by atoms with Gasteiger partial charge in [-0.1, -0.05) is 30.3 Å². The molecule has 0 aliphatic heterocycles. The number of aromatic nitrogens is 3. The standard InChI is InChI=1S/C21H29N4O3P/c1-3-27-29(28-4-2)13-12-22-11-10-18-14-23-20-19(18)24-16-25-21(20)26-15-17-8-6-5-7-9-17/h5-9,14,16,22-23H,3-4,10-13,15H2,1-2H3. The molecule has 0 fully saturated rings. The van der Waals surface area contributed by atoms with Crippen LogP contribution in [0.1, 0.15) is 25.0 Å². The Balaban J connectivity index is 1.50. The first kappa shape index (κ1) is 21.7. The Morgan fingerprint density at radius 2 is 1.83 bits per heavy atom. The molecule has 2 aromatic heterocycles. The van der Waals surface area contributed by atoms with E-state index in [0.717, 1.165) is 47.8 Å². The van der Waals surface area contributed by atoms with Crippen molar-refractivity contribution < 1.29 is 13.8 Å². The molecular formula is C21H29N4O3P. The minimum absolute atomic E-state index is 0.478. The number of benzene rings is 1. The lowest BCUT2D eigenvalue weighted by Crippen LogP contribution is -2.21. The van der Waals surface area contributed by atoms with Gasteiger partial charge in [-0.15, -0.1) is 0 Å². The maximum atomic E-state index is 5.91. The van der Waals surface area contributed by atoms with E-state index in [1.165, 1.54) is 0 Å². The quantitative estimate of drug-likeness (QED) is 0.323. The van der Waals surface area contributed by atoms with Crippen LogP contribution in [0.2, 0.25) is 0 Å². The van der Waals surface area contributed by atoms with Crippen molar-refractivity contribution in [2.45, 2.75) is 26.9 Å². The molecule has 8 heteroatoms. The topological polar surface area (TPSA) is 81.3 Å². The summed E-state index contributed by atoms with van der Waals surface area (Å²) in [4.78, 5) is 12.0. The number of rotatable bonds is 13. The first-order chi connectivity index (χ1) is 14.3. The van der Waals surface area contributed by atoms with Gasteiger partial charge in [-0.2, -0.15) is 4.98 Å². The molecule has 3 aromatic rings. The summed E-state index contributed by atoms with van der Waals surface area (Å²) in [7, 11) is -0.785. The van der Waals surface area contributed by atoms with E-state index in [0.29, 0.717) is 25.7 Å². The van der Waals surface area contributed by atoms with E-state index in [1.54, 1.807) is 6.33 Å². The average Bonchev–Trinajstić information content (AvgIpc) is 3.17. The molecule has 3 rings (SSSR count). The molecule has 156 valence electrons. The zero-order valence-corrected chi connectivity index (χ0v) is 18.0. The predicted octanol–water partition coefficient (Wildman–Crippen LogP) is 4.05. The van der Waals surface area contributed by atoms with Crippen LogP contribution in [0.3, 0.4) is 0 Å². The predicted molar refractivity (Wildman–Crippen MR) is 116 cm³/mol. The summed E-state index contributed by atoms with van der Waals surface area (Å²) >= 11 is 0. The van der Waals surface area contributed by atoms with Crippen molar-refractivity contribution in [3.05, 3.63) is 54.0 Å². The summed E-state index contributed by atoms with van der Waals surface area (Å²) in [6.07, 6.45) is 5.31. The van der Waals surface area contributed by atoms with Crippen LogP contribution < -0.4 is 10.1 Å². The minimum atomic E-state index is -0.785. The second kappa shape index (κ2) is 11.8. The summed E-state index contributed by atoms with van der Waals surface area (Å²) in [5.74, 6) is 0.581. The Kier molecular flexibility index (Phi) is 8.83. The van der Waals surface area contributed by atoms with Crippen LogP contribution in [-0.4, -0.2) is 47.4 Å². The van der Waals surface area contributed by atoms with Crippen molar-refractivity contribution in [2.75, 3.05) is 32.5 Å². The molecule has 0 amide bonds. The highest BCUT2D eigenvalue weighted by Crippen LogP contribution is 2.36. The van der Waals surface area contributed by atoms with Crippen LogP contribution in [0.15, 0.2) is 42.9 Å². The van der Waals surface area contributed by atoms with Crippen LogP contribution in [0.25, 0.3) is 11.0 Å². The molecule has 0 aliphatic carbocycles. The molecule has 0 spiro atoms. The third-order valence-corrected chi connectivity index (χ3v) is 6.00.